The van der Waals surface area contributed by atoms with Crippen molar-refractivity contribution in [3.63, 3.8) is 0 Å². The van der Waals surface area contributed by atoms with Crippen LogP contribution in [-0.2, 0) is 14.3 Å². The molecule has 0 aromatic rings. The molecule has 0 aromatic carbocycles. The number of nitrogens with one attached hydrogen (secondary N) is 1. The molecule has 1 saturated heterocycles. The van der Waals surface area contributed by atoms with Crippen molar-refractivity contribution in [3.05, 3.63) is 12.2 Å². The highest BCUT2D eigenvalue weighted by Gasteiger charge is 2.43. The molecule has 1 N–H and O–H groups in total. The van der Waals surface area contributed by atoms with E-state index in [1.165, 1.54) is 6.42 Å². The van der Waals surface area contributed by atoms with E-state index in [4.69, 9.17) is 4.74 Å². The van der Waals surface area contributed by atoms with E-state index in [1.807, 2.05) is 0 Å². The Bertz CT molecular complexity index is 264. The van der Waals surface area contributed by atoms with Gasteiger partial charge in [-0.25, -0.2) is 0 Å². The van der Waals surface area contributed by atoms with Gasteiger partial charge < -0.3 is 14.8 Å². The first-order chi connectivity index (χ1) is 8.76. The van der Waals surface area contributed by atoms with Crippen LogP contribution in [0.3, 0.4) is 0 Å². The van der Waals surface area contributed by atoms with Gasteiger partial charge in [-0.2, -0.15) is 0 Å². The van der Waals surface area contributed by atoms with Crippen LogP contribution in [0.25, 0.3) is 0 Å². The third kappa shape index (κ3) is 4.78. The van der Waals surface area contributed by atoms with Crippen LogP contribution in [0.15, 0.2) is 12.2 Å². The number of ether oxygens (including phenoxy) is 2. The van der Waals surface area contributed by atoms with Crippen molar-refractivity contribution >= 4 is 6.47 Å². The fourth-order valence-electron chi connectivity index (χ4n) is 2.11. The summed E-state index contributed by atoms with van der Waals surface area (Å²) in [4.78, 5) is 9.18. The Morgan fingerprint density at radius 3 is 2.61 bits per heavy atom. The van der Waals surface area contributed by atoms with Gasteiger partial charge in [0.2, 0.25) is 0 Å². The first-order valence-corrected chi connectivity index (χ1v) is 6.90. The lowest BCUT2D eigenvalue weighted by Gasteiger charge is -2.21. The van der Waals surface area contributed by atoms with E-state index < -0.39 is 0 Å². The van der Waals surface area contributed by atoms with E-state index >= 15 is 0 Å². The molecule has 0 amide bonds. The second-order valence-corrected chi connectivity index (χ2v) is 4.55. The quantitative estimate of drug-likeness (QED) is 0.448. The number of hydrogen-bond donors (Lipinski definition) is 1. The van der Waals surface area contributed by atoms with Crippen molar-refractivity contribution < 1.29 is 14.3 Å². The Balaban J connectivity index is 0.000000280. The standard InChI is InChI=1S/C11H19NO.C3H6O2/c1-3-8(4-2)13-10-7-5-6-9-11(10)12-9;1-2-5-3-4/h5,7-12H,3-4,6H2,1-2H3;3H,2H2,1H3/t9-,10-,11-;/m1./s1. The molecule has 1 aliphatic heterocycles. The molecular weight excluding hydrogens is 230 g/mol. The maximum Gasteiger partial charge on any atom is 0.293 e. The van der Waals surface area contributed by atoms with Crippen LogP contribution >= 0.6 is 0 Å². The predicted octanol–water partition coefficient (Wildman–Crippen LogP) is 2.04. The van der Waals surface area contributed by atoms with Crippen molar-refractivity contribution in [2.45, 2.75) is 64.3 Å². The highest BCUT2D eigenvalue weighted by molar-refractivity contribution is 5.36. The van der Waals surface area contributed by atoms with E-state index in [9.17, 15) is 4.79 Å². The van der Waals surface area contributed by atoms with Crippen LogP contribution in [0.5, 0.6) is 0 Å². The lowest BCUT2D eigenvalue weighted by atomic mass is 10.0. The molecule has 1 aliphatic carbocycles. The average molecular weight is 255 g/mol. The van der Waals surface area contributed by atoms with Gasteiger partial charge in [-0.3, -0.25) is 4.79 Å². The minimum absolute atomic E-state index is 0.337. The summed E-state index contributed by atoms with van der Waals surface area (Å²) < 4.78 is 10.1. The Hall–Kier alpha value is -0.870. The maximum atomic E-state index is 9.18. The van der Waals surface area contributed by atoms with Gasteiger partial charge in [-0.1, -0.05) is 26.0 Å². The Morgan fingerprint density at radius 2 is 2.11 bits per heavy atom. The van der Waals surface area contributed by atoms with Crippen molar-refractivity contribution in [3.8, 4) is 0 Å². The van der Waals surface area contributed by atoms with Crippen LogP contribution in [0.1, 0.15) is 40.0 Å². The van der Waals surface area contributed by atoms with Crippen LogP contribution in [0, 0.1) is 0 Å². The number of carbonyl (C=O) groups is 1. The van der Waals surface area contributed by atoms with Crippen molar-refractivity contribution in [1.82, 2.24) is 5.32 Å². The summed E-state index contributed by atoms with van der Waals surface area (Å²) in [5.41, 5.74) is 0. The second-order valence-electron chi connectivity index (χ2n) is 4.55. The maximum absolute atomic E-state index is 9.18. The average Bonchev–Trinajstić information content (AvgIpc) is 3.17. The summed E-state index contributed by atoms with van der Waals surface area (Å²) in [6.07, 6.45) is 8.68. The fourth-order valence-corrected chi connectivity index (χ4v) is 2.11. The van der Waals surface area contributed by atoms with Gasteiger partial charge >= 0.3 is 0 Å². The van der Waals surface area contributed by atoms with Gasteiger partial charge in [0.15, 0.2) is 0 Å². The lowest BCUT2D eigenvalue weighted by Crippen LogP contribution is -2.27. The minimum atomic E-state index is 0.337. The largest absolute Gasteiger partial charge is 0.468 e. The molecule has 4 heteroatoms. The van der Waals surface area contributed by atoms with E-state index in [0.29, 0.717) is 37.4 Å². The Kier molecular flexibility index (Phi) is 6.98. The van der Waals surface area contributed by atoms with Crippen LogP contribution in [-0.4, -0.2) is 37.4 Å². The second kappa shape index (κ2) is 8.27. The van der Waals surface area contributed by atoms with Gasteiger partial charge in [0.1, 0.15) is 0 Å². The molecular formula is C14H25NO3. The third-order valence-corrected chi connectivity index (χ3v) is 3.30. The summed E-state index contributed by atoms with van der Waals surface area (Å²) in [5, 5.41) is 3.45. The van der Waals surface area contributed by atoms with Crippen molar-refractivity contribution in [2.24, 2.45) is 0 Å². The molecule has 0 radical (unpaired) electrons. The number of fused-ring (bicyclic) bond motifs is 1. The fraction of sp³-hybridized carbons (Fsp3) is 0.786. The molecule has 0 spiro atoms. The van der Waals surface area contributed by atoms with Gasteiger partial charge in [0.25, 0.3) is 6.47 Å². The minimum Gasteiger partial charge on any atom is -0.468 e. The Morgan fingerprint density at radius 1 is 1.39 bits per heavy atom. The monoisotopic (exact) mass is 255 g/mol. The Labute approximate surface area is 110 Å². The van der Waals surface area contributed by atoms with Gasteiger partial charge in [-0.05, 0) is 26.2 Å². The van der Waals surface area contributed by atoms with Crippen molar-refractivity contribution in [1.29, 1.82) is 0 Å². The summed E-state index contributed by atoms with van der Waals surface area (Å²) >= 11 is 0. The van der Waals surface area contributed by atoms with Gasteiger partial charge in [-0.15, -0.1) is 0 Å². The number of rotatable bonds is 6. The number of hydrogen-bond acceptors (Lipinski definition) is 4. The zero-order valence-electron chi connectivity index (χ0n) is 11.6. The summed E-state index contributed by atoms with van der Waals surface area (Å²) in [7, 11) is 0. The molecule has 2 rings (SSSR count). The summed E-state index contributed by atoms with van der Waals surface area (Å²) in [6.45, 7) is 7.05. The molecule has 3 atom stereocenters. The molecule has 0 aromatic heterocycles. The molecule has 2 aliphatic rings. The van der Waals surface area contributed by atoms with Crippen LogP contribution in [0.4, 0.5) is 0 Å². The predicted molar refractivity (Wildman–Crippen MR) is 71.4 cm³/mol. The molecule has 0 bridgehead atoms. The van der Waals surface area contributed by atoms with Crippen LogP contribution < -0.4 is 5.32 Å². The molecule has 4 nitrogen and oxygen atoms in total. The van der Waals surface area contributed by atoms with Gasteiger partial charge in [0.05, 0.1) is 24.9 Å². The van der Waals surface area contributed by atoms with Crippen molar-refractivity contribution in [2.75, 3.05) is 6.61 Å². The normalized spacial score (nSPS) is 28.1. The molecule has 0 saturated carbocycles. The first-order valence-electron chi connectivity index (χ1n) is 6.90. The molecule has 1 fully saturated rings. The van der Waals surface area contributed by atoms with E-state index in [-0.39, 0.29) is 0 Å². The summed E-state index contributed by atoms with van der Waals surface area (Å²) in [6, 6.07) is 1.33. The van der Waals surface area contributed by atoms with E-state index in [0.717, 1.165) is 12.8 Å². The zero-order chi connectivity index (χ0) is 13.4. The highest BCUT2D eigenvalue weighted by Crippen LogP contribution is 2.28. The zero-order valence-corrected chi connectivity index (χ0v) is 11.6. The molecule has 0 unspecified atom stereocenters. The SMILES string of the molecule is CCC(CC)O[C@@H]1C=CC[C@H]2N[C@H]21.CCOC=O. The van der Waals surface area contributed by atoms with E-state index in [1.54, 1.807) is 6.92 Å². The lowest BCUT2D eigenvalue weighted by molar-refractivity contribution is -0.128. The number of carbonyl (C=O) groups excluding carboxylic acids is 1. The summed E-state index contributed by atoms with van der Waals surface area (Å²) in [5.74, 6) is 0. The van der Waals surface area contributed by atoms with Crippen LogP contribution in [0.2, 0.25) is 0 Å². The topological polar surface area (TPSA) is 57.5 Å². The third-order valence-electron chi connectivity index (χ3n) is 3.30. The molecule has 1 heterocycles. The first kappa shape index (κ1) is 15.2. The molecule has 104 valence electrons. The smallest absolute Gasteiger partial charge is 0.293 e. The highest BCUT2D eigenvalue weighted by atomic mass is 16.5. The van der Waals surface area contributed by atoms with Gasteiger partial charge in [0, 0.05) is 6.04 Å². The molecule has 18 heavy (non-hydrogen) atoms. The van der Waals surface area contributed by atoms with E-state index in [2.05, 4.69) is 36.1 Å².